The number of nitrogens with one attached hydrogen (secondary N) is 1. The van der Waals surface area contributed by atoms with Gasteiger partial charge in [0.05, 0.1) is 6.10 Å². The number of aliphatic hydroxyl groups is 1. The molecule has 0 spiro atoms. The number of amides is 1. The van der Waals surface area contributed by atoms with Gasteiger partial charge in [-0.2, -0.15) is 0 Å². The van der Waals surface area contributed by atoms with E-state index in [1.54, 1.807) is 0 Å². The summed E-state index contributed by atoms with van der Waals surface area (Å²) in [6, 6.07) is 7.52. The summed E-state index contributed by atoms with van der Waals surface area (Å²) >= 11 is 5.91. The van der Waals surface area contributed by atoms with Crippen molar-refractivity contribution in [3.63, 3.8) is 0 Å². The molecule has 2 rings (SSSR count). The lowest BCUT2D eigenvalue weighted by Crippen LogP contribution is -2.38. The van der Waals surface area contributed by atoms with E-state index < -0.39 is 6.10 Å². The lowest BCUT2D eigenvalue weighted by atomic mass is 9.94. The van der Waals surface area contributed by atoms with Gasteiger partial charge < -0.3 is 15.2 Å². The molecule has 1 fully saturated rings. The molecule has 0 radical (unpaired) electrons. The number of hydrogen-bond acceptors (Lipinski definition) is 3. The molecule has 1 saturated heterocycles. The van der Waals surface area contributed by atoms with Crippen LogP contribution in [0.5, 0.6) is 0 Å². The molecule has 0 aromatic heterocycles. The Hall–Kier alpha value is -1.10. The van der Waals surface area contributed by atoms with E-state index in [0.29, 0.717) is 37.6 Å². The van der Waals surface area contributed by atoms with E-state index in [9.17, 15) is 9.90 Å². The molecule has 1 atom stereocenters. The number of carbonyl (C=O) groups excluding carboxylic acids is 1. The summed E-state index contributed by atoms with van der Waals surface area (Å²) < 4.78 is 5.26. The van der Waals surface area contributed by atoms with E-state index in [4.69, 9.17) is 16.3 Å². The zero-order valence-electron chi connectivity index (χ0n) is 12.1. The van der Waals surface area contributed by atoms with Crippen LogP contribution in [0.4, 0.5) is 0 Å². The van der Waals surface area contributed by atoms with E-state index >= 15 is 0 Å². The van der Waals surface area contributed by atoms with Gasteiger partial charge in [0.2, 0.25) is 5.91 Å². The average Bonchev–Trinajstić information content (AvgIpc) is 2.51. The molecule has 1 heterocycles. The number of aryl methyl sites for hydroxylation is 1. The number of aliphatic hydroxyl groups excluding tert-OH is 1. The highest BCUT2D eigenvalue weighted by molar-refractivity contribution is 6.30. The van der Waals surface area contributed by atoms with Crippen molar-refractivity contribution in [2.75, 3.05) is 19.8 Å². The third-order valence-corrected chi connectivity index (χ3v) is 4.08. The summed E-state index contributed by atoms with van der Waals surface area (Å²) in [5.41, 5.74) is 1.04. The standard InChI is InChI=1S/C16H22ClNO3/c17-14-3-1-2-12(10-14)4-5-16(20)18-11-15(19)13-6-8-21-9-7-13/h1-3,10,13,15,19H,4-9,11H2,(H,18,20)/t15-/m1/s1. The Morgan fingerprint density at radius 1 is 1.43 bits per heavy atom. The van der Waals surface area contributed by atoms with Gasteiger partial charge in [0.25, 0.3) is 0 Å². The largest absolute Gasteiger partial charge is 0.391 e. The Morgan fingerprint density at radius 3 is 2.90 bits per heavy atom. The number of hydrogen-bond donors (Lipinski definition) is 2. The second kappa shape index (κ2) is 8.37. The maximum atomic E-state index is 11.8. The van der Waals surface area contributed by atoms with Crippen LogP contribution in [0.1, 0.15) is 24.8 Å². The Labute approximate surface area is 130 Å². The minimum absolute atomic E-state index is 0.0407. The summed E-state index contributed by atoms with van der Waals surface area (Å²) in [6.07, 6.45) is 2.30. The molecule has 1 aromatic rings. The van der Waals surface area contributed by atoms with Crippen molar-refractivity contribution in [3.8, 4) is 0 Å². The van der Waals surface area contributed by atoms with Gasteiger partial charge in [-0.25, -0.2) is 0 Å². The fourth-order valence-corrected chi connectivity index (χ4v) is 2.74. The SMILES string of the molecule is O=C(CCc1cccc(Cl)c1)NC[C@@H](O)C1CCOCC1. The predicted molar refractivity (Wildman–Crippen MR) is 82.3 cm³/mol. The number of rotatable bonds is 6. The molecular weight excluding hydrogens is 290 g/mol. The van der Waals surface area contributed by atoms with E-state index in [1.807, 2.05) is 24.3 Å². The summed E-state index contributed by atoms with van der Waals surface area (Å²) in [5.74, 6) is 0.188. The molecule has 0 unspecified atom stereocenters. The van der Waals surface area contributed by atoms with E-state index in [1.165, 1.54) is 0 Å². The first kappa shape index (κ1) is 16.3. The average molecular weight is 312 g/mol. The molecular formula is C16H22ClNO3. The molecule has 5 heteroatoms. The summed E-state index contributed by atoms with van der Waals surface area (Å²) in [5, 5.41) is 13.5. The maximum Gasteiger partial charge on any atom is 0.220 e. The van der Waals surface area contributed by atoms with E-state index in [0.717, 1.165) is 18.4 Å². The van der Waals surface area contributed by atoms with E-state index in [-0.39, 0.29) is 11.8 Å². The molecule has 1 aromatic carbocycles. The zero-order chi connectivity index (χ0) is 15.1. The third kappa shape index (κ3) is 5.65. The highest BCUT2D eigenvalue weighted by Crippen LogP contribution is 2.18. The van der Waals surface area contributed by atoms with Gasteiger partial charge in [0.15, 0.2) is 0 Å². The minimum atomic E-state index is -0.482. The maximum absolute atomic E-state index is 11.8. The molecule has 1 aliphatic heterocycles. The minimum Gasteiger partial charge on any atom is -0.391 e. The smallest absolute Gasteiger partial charge is 0.220 e. The van der Waals surface area contributed by atoms with Crippen LogP contribution in [-0.2, 0) is 16.0 Å². The first-order chi connectivity index (χ1) is 10.1. The second-order valence-corrected chi connectivity index (χ2v) is 5.89. The molecule has 1 aliphatic rings. The number of benzene rings is 1. The molecule has 116 valence electrons. The van der Waals surface area contributed by atoms with Crippen LogP contribution in [0.25, 0.3) is 0 Å². The van der Waals surface area contributed by atoms with Crippen molar-refractivity contribution in [1.82, 2.24) is 5.32 Å². The van der Waals surface area contributed by atoms with Gasteiger partial charge in [-0.15, -0.1) is 0 Å². The first-order valence-corrected chi connectivity index (χ1v) is 7.80. The van der Waals surface area contributed by atoms with E-state index in [2.05, 4.69) is 5.32 Å². The molecule has 0 aliphatic carbocycles. The normalized spacial score (nSPS) is 17.4. The van der Waals surface area contributed by atoms with Crippen molar-refractivity contribution < 1.29 is 14.6 Å². The van der Waals surface area contributed by atoms with Gasteiger partial charge in [0.1, 0.15) is 0 Å². The Bertz CT molecular complexity index is 461. The highest BCUT2D eigenvalue weighted by Gasteiger charge is 2.22. The van der Waals surface area contributed by atoms with Crippen LogP contribution in [0, 0.1) is 5.92 Å². The topological polar surface area (TPSA) is 58.6 Å². The summed E-state index contributed by atoms with van der Waals surface area (Å²) in [7, 11) is 0. The molecule has 21 heavy (non-hydrogen) atoms. The van der Waals surface area contributed by atoms with Crippen molar-refractivity contribution in [2.24, 2.45) is 5.92 Å². The molecule has 2 N–H and O–H groups in total. The lowest BCUT2D eigenvalue weighted by Gasteiger charge is -2.26. The third-order valence-electron chi connectivity index (χ3n) is 3.85. The zero-order valence-corrected chi connectivity index (χ0v) is 12.8. The number of halogens is 1. The van der Waals surface area contributed by atoms with Crippen molar-refractivity contribution in [2.45, 2.75) is 31.8 Å². The van der Waals surface area contributed by atoms with Crippen LogP contribution in [-0.4, -0.2) is 36.9 Å². The first-order valence-electron chi connectivity index (χ1n) is 7.42. The van der Waals surface area contributed by atoms with Crippen molar-refractivity contribution >= 4 is 17.5 Å². The second-order valence-electron chi connectivity index (χ2n) is 5.45. The molecule has 0 saturated carbocycles. The highest BCUT2D eigenvalue weighted by atomic mass is 35.5. The molecule has 1 amide bonds. The van der Waals surface area contributed by atoms with Gasteiger partial charge in [-0.05, 0) is 42.9 Å². The van der Waals surface area contributed by atoms with Crippen LogP contribution in [0.2, 0.25) is 5.02 Å². The molecule has 0 bridgehead atoms. The predicted octanol–water partition coefficient (Wildman–Crippen LogP) is 2.18. The lowest BCUT2D eigenvalue weighted by molar-refractivity contribution is -0.121. The molecule has 4 nitrogen and oxygen atoms in total. The Balaban J connectivity index is 1.67. The number of ether oxygens (including phenoxy) is 1. The van der Waals surface area contributed by atoms with Gasteiger partial charge in [0, 0.05) is 31.2 Å². The van der Waals surface area contributed by atoms with Gasteiger partial charge in [-0.3, -0.25) is 4.79 Å². The summed E-state index contributed by atoms with van der Waals surface area (Å²) in [6.45, 7) is 1.72. The van der Waals surface area contributed by atoms with Crippen molar-refractivity contribution in [1.29, 1.82) is 0 Å². The monoisotopic (exact) mass is 311 g/mol. The fraction of sp³-hybridized carbons (Fsp3) is 0.562. The van der Waals surface area contributed by atoms with Crippen LogP contribution < -0.4 is 5.32 Å². The van der Waals surface area contributed by atoms with Crippen LogP contribution in [0.15, 0.2) is 24.3 Å². The quantitative estimate of drug-likeness (QED) is 0.846. The van der Waals surface area contributed by atoms with Crippen LogP contribution in [0.3, 0.4) is 0 Å². The Kier molecular flexibility index (Phi) is 6.49. The van der Waals surface area contributed by atoms with Crippen molar-refractivity contribution in [3.05, 3.63) is 34.9 Å². The summed E-state index contributed by atoms with van der Waals surface area (Å²) in [4.78, 5) is 11.8. The fourth-order valence-electron chi connectivity index (χ4n) is 2.52. The van der Waals surface area contributed by atoms with Gasteiger partial charge >= 0.3 is 0 Å². The van der Waals surface area contributed by atoms with Gasteiger partial charge in [-0.1, -0.05) is 23.7 Å². The Morgan fingerprint density at radius 2 is 2.19 bits per heavy atom. The van der Waals surface area contributed by atoms with Crippen LogP contribution >= 0.6 is 11.6 Å². The number of carbonyl (C=O) groups is 1.